The molecule has 0 unspecified atom stereocenters. The lowest BCUT2D eigenvalue weighted by molar-refractivity contribution is -0.139. The molecule has 0 spiro atoms. The molecule has 2 aromatic carbocycles. The van der Waals surface area contributed by atoms with Crippen molar-refractivity contribution in [1.82, 2.24) is 4.57 Å². The third kappa shape index (κ3) is 4.72. The minimum absolute atomic E-state index is 0.00420. The van der Waals surface area contributed by atoms with Crippen LogP contribution in [0.1, 0.15) is 44.9 Å². The Morgan fingerprint density at radius 2 is 1.91 bits per heavy atom. The Morgan fingerprint density at radius 1 is 1.21 bits per heavy atom. The number of hydrogen-bond acceptors (Lipinski definition) is 6. The van der Waals surface area contributed by atoms with Gasteiger partial charge in [0.15, 0.2) is 4.80 Å². The Bertz CT molecular complexity index is 1430. The first kappa shape index (κ1) is 24.0. The van der Waals surface area contributed by atoms with Crippen LogP contribution in [0.5, 0.6) is 5.75 Å². The number of esters is 1. The first-order valence-corrected chi connectivity index (χ1v) is 12.2. The van der Waals surface area contributed by atoms with Gasteiger partial charge in [0.2, 0.25) is 0 Å². The lowest BCUT2D eigenvalue weighted by Gasteiger charge is -2.24. The van der Waals surface area contributed by atoms with E-state index in [0.29, 0.717) is 31.4 Å². The van der Waals surface area contributed by atoms with Crippen LogP contribution in [-0.2, 0) is 9.53 Å². The molecule has 176 valence electrons. The van der Waals surface area contributed by atoms with Crippen molar-refractivity contribution < 1.29 is 14.3 Å². The van der Waals surface area contributed by atoms with Gasteiger partial charge in [-0.3, -0.25) is 9.36 Å². The van der Waals surface area contributed by atoms with Gasteiger partial charge in [-0.05, 0) is 57.5 Å². The largest absolute Gasteiger partial charge is 0.490 e. The van der Waals surface area contributed by atoms with Crippen LogP contribution in [0.3, 0.4) is 0 Å². The highest BCUT2D eigenvalue weighted by Crippen LogP contribution is 2.31. The number of ether oxygens (including phenoxy) is 2. The highest BCUT2D eigenvalue weighted by molar-refractivity contribution is 7.07. The number of halogens is 1. The van der Waals surface area contributed by atoms with Gasteiger partial charge in [0, 0.05) is 10.6 Å². The molecule has 0 saturated carbocycles. The van der Waals surface area contributed by atoms with E-state index in [-0.39, 0.29) is 18.3 Å². The number of carbonyl (C=O) groups excluding carboxylic acids is 1. The van der Waals surface area contributed by atoms with Crippen LogP contribution in [0.25, 0.3) is 6.08 Å². The number of benzene rings is 2. The highest BCUT2D eigenvalue weighted by Gasteiger charge is 2.33. The maximum atomic E-state index is 13.7. The van der Waals surface area contributed by atoms with Crippen LogP contribution in [0.2, 0.25) is 5.02 Å². The predicted molar refractivity (Wildman–Crippen MR) is 134 cm³/mol. The molecule has 0 saturated heterocycles. The minimum Gasteiger partial charge on any atom is -0.490 e. The summed E-state index contributed by atoms with van der Waals surface area (Å²) in [6, 6.07) is 14.0. The molecule has 0 radical (unpaired) electrons. The Morgan fingerprint density at radius 3 is 2.59 bits per heavy atom. The second kappa shape index (κ2) is 9.99. The third-order valence-electron chi connectivity index (χ3n) is 5.27. The number of carbonyl (C=O) groups is 1. The Hall–Kier alpha value is -3.16. The van der Waals surface area contributed by atoms with Gasteiger partial charge < -0.3 is 9.47 Å². The number of aromatic nitrogens is 1. The Labute approximate surface area is 206 Å². The molecule has 1 aromatic heterocycles. The summed E-state index contributed by atoms with van der Waals surface area (Å²) in [5, 5.41) is 0.566. The maximum absolute atomic E-state index is 13.7. The first-order valence-electron chi connectivity index (χ1n) is 11.0. The van der Waals surface area contributed by atoms with Gasteiger partial charge in [-0.15, -0.1) is 0 Å². The number of nitrogens with zero attached hydrogens (tertiary/aromatic N) is 2. The van der Waals surface area contributed by atoms with Crippen molar-refractivity contribution in [3.63, 3.8) is 0 Å². The average molecular weight is 497 g/mol. The normalized spacial score (nSPS) is 15.8. The number of hydrogen-bond donors (Lipinski definition) is 0. The van der Waals surface area contributed by atoms with Crippen molar-refractivity contribution in [1.29, 1.82) is 0 Å². The van der Waals surface area contributed by atoms with E-state index >= 15 is 0 Å². The quantitative estimate of drug-likeness (QED) is 0.479. The van der Waals surface area contributed by atoms with Crippen LogP contribution in [0.15, 0.2) is 69.6 Å². The summed E-state index contributed by atoms with van der Waals surface area (Å²) in [5.74, 6) is 0.203. The van der Waals surface area contributed by atoms with Gasteiger partial charge >= 0.3 is 5.97 Å². The molecule has 8 heteroatoms. The lowest BCUT2D eigenvalue weighted by Crippen LogP contribution is -2.39. The van der Waals surface area contributed by atoms with E-state index in [1.165, 1.54) is 11.3 Å². The van der Waals surface area contributed by atoms with Crippen molar-refractivity contribution in [3.8, 4) is 5.75 Å². The smallest absolute Gasteiger partial charge is 0.338 e. The molecule has 0 fully saturated rings. The number of rotatable bonds is 6. The molecular formula is C26H25ClN2O4S. The molecule has 1 aliphatic heterocycles. The Balaban J connectivity index is 1.93. The summed E-state index contributed by atoms with van der Waals surface area (Å²) in [4.78, 5) is 31.7. The maximum Gasteiger partial charge on any atom is 0.338 e. The van der Waals surface area contributed by atoms with Gasteiger partial charge in [-0.1, -0.05) is 53.3 Å². The van der Waals surface area contributed by atoms with Crippen LogP contribution in [-0.4, -0.2) is 23.2 Å². The SMILES string of the molecule is CCOC(=O)C1=C(C)N=c2s/c(=C\c3ccccc3OC(C)C)c(=O)n2[C@H]1c1ccc(Cl)cc1. The number of allylic oxidation sites excluding steroid dienone is 1. The minimum atomic E-state index is -0.670. The molecule has 6 nitrogen and oxygen atoms in total. The van der Waals surface area contributed by atoms with E-state index in [1.807, 2.05) is 56.3 Å². The fourth-order valence-electron chi connectivity index (χ4n) is 3.85. The average Bonchev–Trinajstić information content (AvgIpc) is 3.09. The van der Waals surface area contributed by atoms with Crippen molar-refractivity contribution in [2.75, 3.05) is 6.61 Å². The van der Waals surface area contributed by atoms with Crippen LogP contribution < -0.4 is 19.6 Å². The van der Waals surface area contributed by atoms with E-state index in [4.69, 9.17) is 21.1 Å². The zero-order valence-electron chi connectivity index (χ0n) is 19.4. The molecule has 2 heterocycles. The van der Waals surface area contributed by atoms with Gasteiger partial charge in [0.1, 0.15) is 5.75 Å². The molecule has 0 bridgehead atoms. The monoisotopic (exact) mass is 496 g/mol. The fraction of sp³-hybridized carbons (Fsp3) is 0.269. The molecule has 4 rings (SSSR count). The molecule has 3 aromatic rings. The van der Waals surface area contributed by atoms with Crippen LogP contribution in [0.4, 0.5) is 0 Å². The summed E-state index contributed by atoms with van der Waals surface area (Å²) in [5.41, 5.74) is 2.17. The summed E-state index contributed by atoms with van der Waals surface area (Å²) < 4.78 is 13.3. The standard InChI is InChI=1S/C26H25ClN2O4S/c1-5-32-25(31)22-16(4)28-26-29(23(22)17-10-12-19(27)13-11-17)24(30)21(34-26)14-18-8-6-7-9-20(18)33-15(2)3/h6-15,23H,5H2,1-4H3/b21-14-/t23-/m0/s1. The summed E-state index contributed by atoms with van der Waals surface area (Å²) >= 11 is 7.38. The van der Waals surface area contributed by atoms with Crippen molar-refractivity contribution in [3.05, 3.63) is 95.6 Å². The van der Waals surface area contributed by atoms with Crippen molar-refractivity contribution in [2.24, 2.45) is 4.99 Å². The number of fused-ring (bicyclic) bond motifs is 1. The van der Waals surface area contributed by atoms with Crippen molar-refractivity contribution in [2.45, 2.75) is 39.8 Å². The highest BCUT2D eigenvalue weighted by atomic mass is 35.5. The van der Waals surface area contributed by atoms with Crippen molar-refractivity contribution >= 4 is 35.0 Å². The molecule has 1 aliphatic rings. The Kier molecular flexibility index (Phi) is 7.05. The molecule has 0 aliphatic carbocycles. The van der Waals surface area contributed by atoms with E-state index in [2.05, 4.69) is 4.99 Å². The number of thiazole rings is 1. The molecular weight excluding hydrogens is 472 g/mol. The second-order valence-electron chi connectivity index (χ2n) is 8.06. The van der Waals surface area contributed by atoms with E-state index in [1.54, 1.807) is 30.5 Å². The van der Waals surface area contributed by atoms with Crippen LogP contribution in [0, 0.1) is 0 Å². The van der Waals surface area contributed by atoms with Gasteiger partial charge in [0.25, 0.3) is 5.56 Å². The first-order chi connectivity index (χ1) is 16.3. The topological polar surface area (TPSA) is 69.9 Å². The van der Waals surface area contributed by atoms with Gasteiger partial charge in [-0.25, -0.2) is 9.79 Å². The van der Waals surface area contributed by atoms with E-state index < -0.39 is 12.0 Å². The van der Waals surface area contributed by atoms with E-state index in [0.717, 1.165) is 11.1 Å². The summed E-state index contributed by atoms with van der Waals surface area (Å²) in [7, 11) is 0. The second-order valence-corrected chi connectivity index (χ2v) is 9.50. The zero-order valence-corrected chi connectivity index (χ0v) is 20.9. The molecule has 0 N–H and O–H groups in total. The fourth-order valence-corrected chi connectivity index (χ4v) is 5.02. The van der Waals surface area contributed by atoms with Gasteiger partial charge in [-0.2, -0.15) is 0 Å². The van der Waals surface area contributed by atoms with Crippen LogP contribution >= 0.6 is 22.9 Å². The summed E-state index contributed by atoms with van der Waals surface area (Å²) in [6.07, 6.45) is 1.81. The van der Waals surface area contributed by atoms with Gasteiger partial charge in [0.05, 0.1) is 34.6 Å². The lowest BCUT2D eigenvalue weighted by atomic mass is 9.96. The summed E-state index contributed by atoms with van der Waals surface area (Å²) in [6.45, 7) is 7.64. The number of para-hydroxylation sites is 1. The molecule has 1 atom stereocenters. The van der Waals surface area contributed by atoms with E-state index in [9.17, 15) is 9.59 Å². The molecule has 0 amide bonds. The molecule has 34 heavy (non-hydrogen) atoms. The predicted octanol–water partition coefficient (Wildman–Crippen LogP) is 4.24. The zero-order chi connectivity index (χ0) is 24.4. The third-order valence-corrected chi connectivity index (χ3v) is 6.51.